The summed E-state index contributed by atoms with van der Waals surface area (Å²) in [6.45, 7) is 11.0. The van der Waals surface area contributed by atoms with E-state index in [0.29, 0.717) is 32.1 Å². The maximum atomic E-state index is 16.3. The Kier molecular flexibility index (Phi) is 28.3. The van der Waals surface area contributed by atoms with Gasteiger partial charge in [-0.25, -0.2) is 0 Å². The predicted molar refractivity (Wildman–Crippen MR) is 387 cm³/mol. The molecule has 8 heterocycles. The summed E-state index contributed by atoms with van der Waals surface area (Å²) in [6, 6.07) is -1.49. The zero-order chi connectivity index (χ0) is 86.7. The molecule has 13 rings (SSSR count). The maximum absolute atomic E-state index is 16.3. The van der Waals surface area contributed by atoms with Gasteiger partial charge in [-0.05, 0) is 90.3 Å². The lowest BCUT2D eigenvalue weighted by Crippen LogP contribution is -2.71. The molecule has 13 aliphatic rings. The van der Waals surface area contributed by atoms with Gasteiger partial charge < -0.3 is 193 Å². The number of carbonyl (C=O) groups excluding carboxylic acids is 3. The van der Waals surface area contributed by atoms with Crippen LogP contribution in [0, 0.1) is 50.2 Å². The van der Waals surface area contributed by atoms with Gasteiger partial charge >= 0.3 is 11.9 Å². The van der Waals surface area contributed by atoms with Crippen molar-refractivity contribution in [3.8, 4) is 0 Å². The third kappa shape index (κ3) is 16.9. The van der Waals surface area contributed by atoms with Crippen LogP contribution in [-0.2, 0) is 94.9 Å². The van der Waals surface area contributed by atoms with Gasteiger partial charge in [0.1, 0.15) is 171 Å². The maximum Gasteiger partial charge on any atom is 0.317 e. The van der Waals surface area contributed by atoms with Crippen molar-refractivity contribution in [2.24, 2.45) is 50.2 Å². The van der Waals surface area contributed by atoms with Gasteiger partial charge in [0.05, 0.1) is 64.6 Å². The number of allylic oxidation sites excluding steroid dienone is 2. The predicted octanol–water partition coefficient (Wildman–Crippen LogP) is -8.89. The molecular formula is C77H123NO41. The van der Waals surface area contributed by atoms with E-state index in [1.165, 1.54) is 6.92 Å². The van der Waals surface area contributed by atoms with Gasteiger partial charge in [-0.15, -0.1) is 0 Å². The first-order valence-electron chi connectivity index (χ1n) is 41.0. The van der Waals surface area contributed by atoms with Crippen LogP contribution < -0.4 is 5.32 Å². The van der Waals surface area contributed by atoms with E-state index in [-0.39, 0.29) is 31.1 Å². The van der Waals surface area contributed by atoms with Crippen molar-refractivity contribution in [2.75, 3.05) is 52.9 Å². The number of ether oxygens (including phenoxy) is 17. The van der Waals surface area contributed by atoms with Gasteiger partial charge in [-0.1, -0.05) is 60.1 Å². The summed E-state index contributed by atoms with van der Waals surface area (Å²) in [6.07, 6.45) is -60.0. The largest absolute Gasteiger partial charge is 0.463 e. The van der Waals surface area contributed by atoms with E-state index in [1.54, 1.807) is 13.8 Å². The van der Waals surface area contributed by atoms with Crippen LogP contribution in [0.2, 0.25) is 0 Å². The molecule has 22 N–H and O–H groups in total. The summed E-state index contributed by atoms with van der Waals surface area (Å²) in [5.41, 5.74) is -5.46. The molecule has 4 saturated carbocycles. The number of aliphatic hydroxyl groups is 21. The fraction of sp³-hybridized carbons (Fsp3) is 0.935. The van der Waals surface area contributed by atoms with Crippen LogP contribution >= 0.6 is 0 Å². The average Bonchev–Trinajstić information content (AvgIpc) is 0.865. The number of esters is 2. The van der Waals surface area contributed by atoms with E-state index >= 15 is 4.79 Å². The molecule has 0 bridgehead atoms. The second-order valence-corrected chi connectivity index (χ2v) is 36.6. The van der Waals surface area contributed by atoms with Gasteiger partial charge in [0.2, 0.25) is 12.2 Å². The van der Waals surface area contributed by atoms with Crippen LogP contribution in [0.4, 0.5) is 0 Å². The number of aliphatic hydroxyl groups excluding tert-OH is 21. The van der Waals surface area contributed by atoms with Gasteiger partial charge in [0.15, 0.2) is 50.1 Å². The first kappa shape index (κ1) is 93.4. The van der Waals surface area contributed by atoms with Crippen molar-refractivity contribution in [2.45, 2.75) is 347 Å². The summed E-state index contributed by atoms with van der Waals surface area (Å²) < 4.78 is 102. The molecule has 0 aromatic rings. The Labute approximate surface area is 684 Å². The number of fused-ring (bicyclic) bond motifs is 7. The summed E-state index contributed by atoms with van der Waals surface area (Å²) in [4.78, 5) is 42.2. The number of hydrogen-bond donors (Lipinski definition) is 22. The highest BCUT2D eigenvalue weighted by molar-refractivity contribution is 5.80. The SMILES string of the molecule is CC(=O)N[C@@H]1[C@@H](O[C@H]2CC[C@]3(C)[C@H]4CC=C5[C@@H]6C(C)(C)[C@@H](O)CC[C@@]6(C(=O)O[C@@H]6O[C@H](COC(C)=O)[C@@H](O[C@H]7OC[C@@H](O)[C@@H](O)[C@H]7O)[C@H](O)[C@H]6O[C@@H]6OC[C@@H](O)[C@H](O[C@H]7O[C@H](CO)[C@H](O)[C@@H]7O)[C@@H]6O)[C@H](O)C[C@]5(C)[C@@]4(C)CC[C@H]3C2(C)C)O[C@@H](CO[C@@H]2OC[C@@H](O)[C@@H](O[C@H]3OC[C@@H](O)[C@H](O)[C@H]3O)[C@H]2O)[C@H](O[C@@H]2O[C@H](CO)[C@H](O)[C@@H](O)[C@H]2O)[C@H]1O. The topological polar surface area (TPSA) is 645 Å². The Balaban J connectivity index is 0.776. The molecular weight excluding hydrogens is 1590 g/mol. The van der Waals surface area contributed by atoms with E-state index in [4.69, 9.17) is 80.5 Å². The van der Waals surface area contributed by atoms with Crippen LogP contribution in [0.3, 0.4) is 0 Å². The Morgan fingerprint density at radius 3 is 1.50 bits per heavy atom. The molecule has 8 aliphatic heterocycles. The van der Waals surface area contributed by atoms with E-state index in [1.807, 2.05) is 13.8 Å². The second kappa shape index (κ2) is 36.1. The fourth-order valence-corrected chi connectivity index (χ4v) is 22.1. The van der Waals surface area contributed by atoms with Gasteiger partial charge in [-0.3, -0.25) is 14.4 Å². The first-order valence-corrected chi connectivity index (χ1v) is 41.0. The van der Waals surface area contributed by atoms with Crippen LogP contribution in [0.1, 0.15) is 114 Å². The summed E-state index contributed by atoms with van der Waals surface area (Å²) in [7, 11) is 0. The smallest absolute Gasteiger partial charge is 0.317 e. The molecule has 0 aromatic heterocycles. The minimum atomic E-state index is -2.18. The zero-order valence-electron chi connectivity index (χ0n) is 67.6. The fourth-order valence-electron chi connectivity index (χ4n) is 22.1. The molecule has 42 nitrogen and oxygen atoms in total. The Morgan fingerprint density at radius 2 is 0.916 bits per heavy atom. The standard InChI is InChI=1S/C77H123NO41/c1-27(81)78-43-48(93)59(117-69-53(98)49(94)46(91)34(19-79)109-69)37(26-108-64-55(100)57(32(85)23-104-64)114-65-50(95)44(89)30(83)21-105-65)111-63(43)113-42-14-15-74(7)38(72(42,3)4)12-16-75(8)39(74)11-10-29-62-73(5,6)40(87)13-17-77(62,41(88)18-76(29,75)9)71(102)119-70-61(118-67-56(101)58(33(86)24-107-67)115-68-52(97)47(92)35(20-80)110-68)54(99)60(36(112-70)25-103-28(2)82)116-66-51(96)45(90)31(84)22-106-66/h10,30-70,79-80,83-101H,11-26H2,1-9H3,(H,78,81)/t30-,31-,32-,33-,34-,35-,36-,37+,38+,39-,40+,41-,42+,43+,44+,45-,46+,47+,48+,49-,50-,51-,52+,53-,54+,55-,56+,57-,58+,59+,60-,61-,62-,63-,64+,65-,66-,67+,68-,69+,70+,74+,75+,76+,77-/m1/s1. The molecule has 119 heavy (non-hydrogen) atoms. The number of hydrogen-bond acceptors (Lipinski definition) is 41. The van der Waals surface area contributed by atoms with Gasteiger partial charge in [0.25, 0.3) is 0 Å². The minimum Gasteiger partial charge on any atom is -0.463 e. The monoisotopic (exact) mass is 1720 g/mol. The van der Waals surface area contributed by atoms with Crippen molar-refractivity contribution in [3.63, 3.8) is 0 Å². The highest BCUT2D eigenvalue weighted by Crippen LogP contribution is 2.77. The summed E-state index contributed by atoms with van der Waals surface area (Å²) in [5, 5.41) is 237. The molecule has 0 aromatic carbocycles. The number of amides is 1. The molecule has 0 unspecified atom stereocenters. The van der Waals surface area contributed by atoms with Crippen molar-refractivity contribution < 1.29 is 202 Å². The lowest BCUT2D eigenvalue weighted by atomic mass is 9.32. The number of nitrogens with one attached hydrogen (secondary N) is 1. The normalized spacial score (nSPS) is 52.3. The zero-order valence-corrected chi connectivity index (χ0v) is 67.6. The molecule has 682 valence electrons. The first-order chi connectivity index (χ1) is 55.9. The summed E-state index contributed by atoms with van der Waals surface area (Å²) in [5.74, 6) is -4.02. The van der Waals surface area contributed by atoms with E-state index in [0.717, 1.165) is 12.5 Å². The average molecular weight is 1720 g/mol. The lowest BCUT2D eigenvalue weighted by Gasteiger charge is -2.72. The molecule has 42 heteroatoms. The molecule has 0 radical (unpaired) electrons. The minimum absolute atomic E-state index is 0.0450. The van der Waals surface area contributed by atoms with E-state index in [9.17, 15) is 117 Å². The second-order valence-electron chi connectivity index (χ2n) is 36.6. The third-order valence-electron chi connectivity index (χ3n) is 28.9. The van der Waals surface area contributed by atoms with Crippen LogP contribution in [0.15, 0.2) is 11.6 Å². The Bertz CT molecular complexity index is 3500. The highest BCUT2D eigenvalue weighted by Gasteiger charge is 2.75. The van der Waals surface area contributed by atoms with E-state index < -0.39 is 342 Å². The third-order valence-corrected chi connectivity index (χ3v) is 28.9. The highest BCUT2D eigenvalue weighted by atomic mass is 16.8. The quantitative estimate of drug-likeness (QED) is 0.0272. The number of rotatable bonds is 22. The van der Waals surface area contributed by atoms with Gasteiger partial charge in [-0.2, -0.15) is 0 Å². The molecule has 45 atom stereocenters. The van der Waals surface area contributed by atoms with Crippen LogP contribution in [0.25, 0.3) is 0 Å². The van der Waals surface area contributed by atoms with Crippen molar-refractivity contribution in [1.29, 1.82) is 0 Å². The van der Waals surface area contributed by atoms with Crippen LogP contribution in [-0.4, -0.2) is 411 Å². The lowest BCUT2D eigenvalue weighted by molar-refractivity contribution is -0.378. The van der Waals surface area contributed by atoms with Crippen molar-refractivity contribution in [1.82, 2.24) is 5.32 Å². The van der Waals surface area contributed by atoms with Crippen LogP contribution in [0.5, 0.6) is 0 Å². The van der Waals surface area contributed by atoms with Gasteiger partial charge in [0, 0.05) is 19.8 Å². The summed E-state index contributed by atoms with van der Waals surface area (Å²) >= 11 is 0. The Morgan fingerprint density at radius 1 is 0.437 bits per heavy atom. The molecule has 12 fully saturated rings. The van der Waals surface area contributed by atoms with E-state index in [2.05, 4.69) is 32.2 Å². The molecule has 0 spiro atoms. The molecule has 8 saturated heterocycles. The number of carbonyl (C=O) groups is 3. The Hall–Kier alpha value is -3.29. The molecule has 1 amide bonds. The van der Waals surface area contributed by atoms with Crippen molar-refractivity contribution >= 4 is 17.8 Å². The van der Waals surface area contributed by atoms with Crippen molar-refractivity contribution in [3.05, 3.63) is 11.6 Å². The molecule has 5 aliphatic carbocycles.